The fraction of sp³-hybridized carbons (Fsp3) is 0.211. The number of amides is 1. The van der Waals surface area contributed by atoms with Gasteiger partial charge in [-0.3, -0.25) is 4.79 Å². The van der Waals surface area contributed by atoms with Crippen molar-refractivity contribution in [2.45, 2.75) is 6.92 Å². The van der Waals surface area contributed by atoms with E-state index in [4.69, 9.17) is 14.2 Å². The number of para-hydroxylation sites is 1. The number of methoxy groups -OCH3 is 1. The quantitative estimate of drug-likeness (QED) is 0.813. The summed E-state index contributed by atoms with van der Waals surface area (Å²) in [4.78, 5) is 14.6. The smallest absolute Gasteiger partial charge is 0.258 e. The average Bonchev–Trinajstić information content (AvgIpc) is 3.16. The van der Waals surface area contributed by atoms with Gasteiger partial charge in [-0.15, -0.1) is 0 Å². The number of ether oxygens (including phenoxy) is 3. The van der Waals surface area contributed by atoms with Gasteiger partial charge in [-0.05, 0) is 25.1 Å². The molecule has 0 spiro atoms. The molecule has 0 aromatic heterocycles. The normalized spacial score (nSPS) is 16.7. The molecule has 2 aromatic carbocycles. The van der Waals surface area contributed by atoms with Crippen LogP contribution in [0, 0.1) is 0 Å². The second kappa shape index (κ2) is 5.60. The molecule has 0 saturated carbocycles. The summed E-state index contributed by atoms with van der Waals surface area (Å²) in [5, 5.41) is 0. The summed E-state index contributed by atoms with van der Waals surface area (Å²) < 4.78 is 16.3. The lowest BCUT2D eigenvalue weighted by Crippen LogP contribution is -2.25. The van der Waals surface area contributed by atoms with Crippen LogP contribution in [0.3, 0.4) is 0 Å². The molecule has 2 aliphatic heterocycles. The van der Waals surface area contributed by atoms with Crippen LogP contribution >= 0.6 is 0 Å². The van der Waals surface area contributed by atoms with Gasteiger partial charge < -0.3 is 19.1 Å². The molecule has 0 unspecified atom stereocenters. The van der Waals surface area contributed by atoms with Crippen molar-refractivity contribution in [3.05, 3.63) is 47.5 Å². The molecule has 0 saturated heterocycles. The minimum absolute atomic E-state index is 0.00146. The van der Waals surface area contributed by atoms with Gasteiger partial charge >= 0.3 is 0 Å². The van der Waals surface area contributed by atoms with E-state index in [1.54, 1.807) is 18.1 Å². The topological polar surface area (TPSA) is 48.0 Å². The summed E-state index contributed by atoms with van der Waals surface area (Å²) in [5.41, 5.74) is 3.32. The van der Waals surface area contributed by atoms with Crippen molar-refractivity contribution < 1.29 is 19.0 Å². The highest BCUT2D eigenvalue weighted by Crippen LogP contribution is 2.42. The van der Waals surface area contributed by atoms with Crippen LogP contribution in [0.15, 0.2) is 36.4 Å². The maximum atomic E-state index is 12.8. The van der Waals surface area contributed by atoms with Crippen LogP contribution in [0.25, 0.3) is 11.6 Å². The molecule has 0 atom stereocenters. The van der Waals surface area contributed by atoms with Gasteiger partial charge in [0.25, 0.3) is 5.91 Å². The second-order valence-corrected chi connectivity index (χ2v) is 5.57. The van der Waals surface area contributed by atoms with Gasteiger partial charge in [-0.1, -0.05) is 18.2 Å². The van der Waals surface area contributed by atoms with Gasteiger partial charge in [-0.2, -0.15) is 0 Å². The molecule has 4 rings (SSSR count). The lowest BCUT2D eigenvalue weighted by molar-refractivity contribution is -0.112. The summed E-state index contributed by atoms with van der Waals surface area (Å²) in [5.74, 6) is 1.96. The number of hydrogen-bond donors (Lipinski definition) is 0. The number of carbonyl (C=O) groups is 1. The zero-order chi connectivity index (χ0) is 16.7. The second-order valence-electron chi connectivity index (χ2n) is 5.57. The summed E-state index contributed by atoms with van der Waals surface area (Å²) in [6.45, 7) is 2.80. The van der Waals surface area contributed by atoms with Gasteiger partial charge in [0.1, 0.15) is 5.75 Å². The van der Waals surface area contributed by atoms with Crippen LogP contribution in [-0.2, 0) is 4.79 Å². The van der Waals surface area contributed by atoms with Gasteiger partial charge in [0.05, 0.1) is 12.8 Å². The molecular formula is C19H17NO4. The Kier molecular flexibility index (Phi) is 3.41. The van der Waals surface area contributed by atoms with Crippen LogP contribution < -0.4 is 19.1 Å². The monoisotopic (exact) mass is 323 g/mol. The van der Waals surface area contributed by atoms with Crippen molar-refractivity contribution in [2.75, 3.05) is 25.3 Å². The fourth-order valence-corrected chi connectivity index (χ4v) is 3.14. The predicted octanol–water partition coefficient (Wildman–Crippen LogP) is 3.33. The highest BCUT2D eigenvalue weighted by atomic mass is 16.7. The Morgan fingerprint density at radius 2 is 1.96 bits per heavy atom. The summed E-state index contributed by atoms with van der Waals surface area (Å²) >= 11 is 0. The standard InChI is InChI=1S/C19H17NO4/c1-3-20-15-7-5-4-6-13(15)14(19(20)21)8-12-9-17-18(24-11-23-17)10-16(12)22-2/h4-10H,3,11H2,1-2H3/b14-8-. The van der Waals surface area contributed by atoms with E-state index in [0.29, 0.717) is 29.4 Å². The first kappa shape index (κ1) is 14.6. The van der Waals surface area contributed by atoms with Crippen molar-refractivity contribution in [3.8, 4) is 17.2 Å². The Bertz CT molecular complexity index is 856. The molecule has 0 bridgehead atoms. The Hall–Kier alpha value is -2.95. The molecule has 0 fully saturated rings. The van der Waals surface area contributed by atoms with Crippen LogP contribution in [0.1, 0.15) is 18.1 Å². The molecule has 1 amide bonds. The van der Waals surface area contributed by atoms with Crippen molar-refractivity contribution in [2.24, 2.45) is 0 Å². The lowest BCUT2D eigenvalue weighted by atomic mass is 10.0. The Labute approximate surface area is 140 Å². The molecule has 2 aromatic rings. The van der Waals surface area contributed by atoms with E-state index in [-0.39, 0.29) is 12.7 Å². The first-order chi connectivity index (χ1) is 11.7. The van der Waals surface area contributed by atoms with Gasteiger partial charge in [-0.25, -0.2) is 0 Å². The number of anilines is 1. The van der Waals surface area contributed by atoms with E-state index in [0.717, 1.165) is 16.8 Å². The molecule has 5 nitrogen and oxygen atoms in total. The highest BCUT2D eigenvalue weighted by Gasteiger charge is 2.31. The number of likely N-dealkylation sites (N-methyl/N-ethyl adjacent to an activating group) is 1. The van der Waals surface area contributed by atoms with E-state index < -0.39 is 0 Å². The molecular weight excluding hydrogens is 306 g/mol. The summed E-state index contributed by atoms with van der Waals surface area (Å²) in [6.07, 6.45) is 1.86. The van der Waals surface area contributed by atoms with Gasteiger partial charge in [0, 0.05) is 29.3 Å². The minimum atomic E-state index is -0.00146. The zero-order valence-electron chi connectivity index (χ0n) is 13.5. The highest BCUT2D eigenvalue weighted by molar-refractivity contribution is 6.35. The maximum absolute atomic E-state index is 12.8. The third-order valence-electron chi connectivity index (χ3n) is 4.30. The summed E-state index contributed by atoms with van der Waals surface area (Å²) in [6, 6.07) is 11.5. The minimum Gasteiger partial charge on any atom is -0.496 e. The first-order valence-corrected chi connectivity index (χ1v) is 7.83. The van der Waals surface area contributed by atoms with E-state index in [1.807, 2.05) is 43.3 Å². The third kappa shape index (κ3) is 2.12. The molecule has 122 valence electrons. The van der Waals surface area contributed by atoms with E-state index in [9.17, 15) is 4.79 Å². The third-order valence-corrected chi connectivity index (χ3v) is 4.30. The number of hydrogen-bond acceptors (Lipinski definition) is 4. The SMILES string of the molecule is CCN1C(=O)/C(=C\c2cc3c(cc2OC)OCO3)c2ccccc21. The first-order valence-electron chi connectivity index (χ1n) is 7.83. The molecule has 2 heterocycles. The lowest BCUT2D eigenvalue weighted by Gasteiger charge is -2.13. The predicted molar refractivity (Wildman–Crippen MR) is 91.5 cm³/mol. The van der Waals surface area contributed by atoms with Crippen molar-refractivity contribution in [3.63, 3.8) is 0 Å². The molecule has 2 aliphatic rings. The van der Waals surface area contributed by atoms with Crippen LogP contribution in [0.4, 0.5) is 5.69 Å². The van der Waals surface area contributed by atoms with Crippen molar-refractivity contribution in [1.29, 1.82) is 0 Å². The van der Waals surface area contributed by atoms with Crippen molar-refractivity contribution >= 4 is 23.2 Å². The van der Waals surface area contributed by atoms with Crippen LogP contribution in [0.2, 0.25) is 0 Å². The van der Waals surface area contributed by atoms with E-state index >= 15 is 0 Å². The molecule has 0 N–H and O–H groups in total. The van der Waals surface area contributed by atoms with Crippen LogP contribution in [0.5, 0.6) is 17.2 Å². The largest absolute Gasteiger partial charge is 0.496 e. The summed E-state index contributed by atoms with van der Waals surface area (Å²) in [7, 11) is 1.60. The number of rotatable bonds is 3. The molecule has 24 heavy (non-hydrogen) atoms. The fourth-order valence-electron chi connectivity index (χ4n) is 3.14. The number of fused-ring (bicyclic) bond motifs is 2. The van der Waals surface area contributed by atoms with Gasteiger partial charge in [0.2, 0.25) is 6.79 Å². The van der Waals surface area contributed by atoms with E-state index in [1.165, 1.54) is 0 Å². The Morgan fingerprint density at radius 3 is 2.71 bits per heavy atom. The van der Waals surface area contributed by atoms with Crippen LogP contribution in [-0.4, -0.2) is 26.4 Å². The number of carbonyl (C=O) groups excluding carboxylic acids is 1. The maximum Gasteiger partial charge on any atom is 0.258 e. The number of benzene rings is 2. The number of nitrogens with zero attached hydrogens (tertiary/aromatic N) is 1. The Morgan fingerprint density at radius 1 is 1.21 bits per heavy atom. The van der Waals surface area contributed by atoms with Crippen molar-refractivity contribution in [1.82, 2.24) is 0 Å². The van der Waals surface area contributed by atoms with Gasteiger partial charge in [0.15, 0.2) is 11.5 Å². The zero-order valence-corrected chi connectivity index (χ0v) is 13.5. The molecule has 0 aliphatic carbocycles. The average molecular weight is 323 g/mol. The molecule has 0 radical (unpaired) electrons. The molecule has 5 heteroatoms. The Balaban J connectivity index is 1.86. The van der Waals surface area contributed by atoms with E-state index in [2.05, 4.69) is 0 Å².